The highest BCUT2D eigenvalue weighted by Gasteiger charge is 2.33. The fraction of sp³-hybridized carbons (Fsp3) is 0.444. The fourth-order valence-corrected chi connectivity index (χ4v) is 5.17. The lowest BCUT2D eigenvalue weighted by atomic mass is 10.1. The third-order valence-electron chi connectivity index (χ3n) is 4.79. The molecule has 1 aromatic carbocycles. The quantitative estimate of drug-likeness (QED) is 0.818. The van der Waals surface area contributed by atoms with Crippen LogP contribution in [0.2, 0.25) is 5.02 Å². The molecule has 0 radical (unpaired) electrons. The minimum atomic E-state index is -3.60. The first-order chi connectivity index (χ1) is 12.8. The Morgan fingerprint density at radius 3 is 2.33 bits per heavy atom. The Morgan fingerprint density at radius 1 is 1.15 bits per heavy atom. The van der Waals surface area contributed by atoms with Gasteiger partial charge in [-0.2, -0.15) is 9.40 Å². The molecule has 0 saturated carbocycles. The first kappa shape index (κ1) is 19.9. The molecule has 1 aliphatic rings. The van der Waals surface area contributed by atoms with E-state index in [1.165, 1.54) is 4.31 Å². The number of amides is 1. The van der Waals surface area contributed by atoms with Crippen LogP contribution in [0.4, 0.5) is 0 Å². The number of carbonyl (C=O) groups is 1. The van der Waals surface area contributed by atoms with E-state index >= 15 is 0 Å². The number of carbonyl (C=O) groups excluding carboxylic acids is 1. The zero-order chi connectivity index (χ0) is 19.6. The van der Waals surface area contributed by atoms with Crippen LogP contribution in [0.1, 0.15) is 23.4 Å². The highest BCUT2D eigenvalue weighted by atomic mass is 35.5. The topological polar surface area (TPSA) is 86.4 Å². The van der Waals surface area contributed by atoms with Crippen LogP contribution in [0.5, 0.6) is 0 Å². The summed E-state index contributed by atoms with van der Waals surface area (Å²) in [5.41, 5.74) is 2.06. The van der Waals surface area contributed by atoms with Crippen LogP contribution in [0.15, 0.2) is 29.2 Å². The number of aromatic amines is 1. The molecule has 1 fully saturated rings. The van der Waals surface area contributed by atoms with Gasteiger partial charge in [0.15, 0.2) is 0 Å². The van der Waals surface area contributed by atoms with E-state index in [1.807, 2.05) is 24.3 Å². The number of hydrogen-bond acceptors (Lipinski definition) is 4. The third kappa shape index (κ3) is 4.34. The van der Waals surface area contributed by atoms with Crippen LogP contribution < -0.4 is 0 Å². The second-order valence-electron chi connectivity index (χ2n) is 6.67. The Kier molecular flexibility index (Phi) is 5.88. The van der Waals surface area contributed by atoms with E-state index in [1.54, 1.807) is 18.7 Å². The van der Waals surface area contributed by atoms with Crippen LogP contribution in [0, 0.1) is 13.8 Å². The van der Waals surface area contributed by atoms with Crippen molar-refractivity contribution in [1.82, 2.24) is 19.4 Å². The van der Waals surface area contributed by atoms with Gasteiger partial charge in [0, 0.05) is 37.6 Å². The number of H-pyrrole nitrogens is 1. The first-order valence-corrected chi connectivity index (χ1v) is 10.6. The van der Waals surface area contributed by atoms with Gasteiger partial charge in [0.25, 0.3) is 0 Å². The van der Waals surface area contributed by atoms with Gasteiger partial charge in [0.1, 0.15) is 4.90 Å². The smallest absolute Gasteiger partial charge is 0.246 e. The lowest BCUT2D eigenvalue weighted by Gasteiger charge is -2.34. The fourth-order valence-electron chi connectivity index (χ4n) is 3.29. The molecule has 7 nitrogen and oxygen atoms in total. The summed E-state index contributed by atoms with van der Waals surface area (Å²) in [5.74, 6) is 0.0395. The van der Waals surface area contributed by atoms with Crippen molar-refractivity contribution in [2.24, 2.45) is 0 Å². The first-order valence-electron chi connectivity index (χ1n) is 8.83. The molecule has 27 heavy (non-hydrogen) atoms. The minimum Gasteiger partial charge on any atom is -0.340 e. The molecular weight excluding hydrogens is 388 g/mol. The number of aryl methyl sites for hydroxylation is 3. The van der Waals surface area contributed by atoms with Crippen molar-refractivity contribution < 1.29 is 13.2 Å². The summed E-state index contributed by atoms with van der Waals surface area (Å²) in [4.78, 5) is 14.4. The summed E-state index contributed by atoms with van der Waals surface area (Å²) in [6.45, 7) is 4.75. The van der Waals surface area contributed by atoms with E-state index < -0.39 is 10.0 Å². The highest BCUT2D eigenvalue weighted by Crippen LogP contribution is 2.23. The number of sulfonamides is 1. The average molecular weight is 411 g/mol. The molecule has 2 heterocycles. The van der Waals surface area contributed by atoms with Crippen LogP contribution in [-0.2, 0) is 21.2 Å². The van der Waals surface area contributed by atoms with Gasteiger partial charge >= 0.3 is 0 Å². The second kappa shape index (κ2) is 8.00. The van der Waals surface area contributed by atoms with Gasteiger partial charge in [-0.15, -0.1) is 0 Å². The maximum atomic E-state index is 12.9. The van der Waals surface area contributed by atoms with Crippen LogP contribution in [0.25, 0.3) is 0 Å². The number of nitrogens with zero attached hydrogens (tertiary/aromatic N) is 3. The van der Waals surface area contributed by atoms with Crippen molar-refractivity contribution in [3.8, 4) is 0 Å². The molecule has 1 amide bonds. The molecule has 146 valence electrons. The summed E-state index contributed by atoms with van der Waals surface area (Å²) < 4.78 is 27.1. The van der Waals surface area contributed by atoms with Gasteiger partial charge < -0.3 is 4.90 Å². The number of piperazine rings is 1. The summed E-state index contributed by atoms with van der Waals surface area (Å²) in [5, 5.41) is 7.36. The molecule has 9 heteroatoms. The lowest BCUT2D eigenvalue weighted by molar-refractivity contribution is -0.132. The van der Waals surface area contributed by atoms with Crippen LogP contribution in [0.3, 0.4) is 0 Å². The Morgan fingerprint density at radius 2 is 1.78 bits per heavy atom. The Hall–Kier alpha value is -1.90. The SMILES string of the molecule is Cc1n[nH]c(C)c1S(=O)(=O)N1CCN(C(=O)CCc2ccc(Cl)cc2)CC1. The number of nitrogens with one attached hydrogen (secondary N) is 1. The van der Waals surface area contributed by atoms with Gasteiger partial charge in [0.2, 0.25) is 15.9 Å². The van der Waals surface area contributed by atoms with E-state index in [4.69, 9.17) is 11.6 Å². The summed E-state index contributed by atoms with van der Waals surface area (Å²) in [6.07, 6.45) is 1.04. The molecule has 1 N–H and O–H groups in total. The summed E-state index contributed by atoms with van der Waals surface area (Å²) in [7, 11) is -3.60. The van der Waals surface area contributed by atoms with Crippen molar-refractivity contribution in [3.05, 3.63) is 46.2 Å². The van der Waals surface area contributed by atoms with Crippen molar-refractivity contribution >= 4 is 27.5 Å². The predicted molar refractivity (Wildman–Crippen MR) is 103 cm³/mol. The minimum absolute atomic E-state index is 0.0395. The number of halogens is 1. The van der Waals surface area contributed by atoms with Crippen molar-refractivity contribution in [3.63, 3.8) is 0 Å². The molecule has 0 unspecified atom stereocenters. The van der Waals surface area contributed by atoms with Crippen LogP contribution >= 0.6 is 11.6 Å². The normalized spacial score (nSPS) is 15.9. The molecule has 2 aromatic rings. The average Bonchev–Trinajstić information content (AvgIpc) is 3.00. The Balaban J connectivity index is 1.56. The van der Waals surface area contributed by atoms with Gasteiger partial charge in [-0.05, 0) is 38.0 Å². The van der Waals surface area contributed by atoms with Crippen molar-refractivity contribution in [1.29, 1.82) is 0 Å². The molecule has 1 aliphatic heterocycles. The van der Waals surface area contributed by atoms with E-state index in [-0.39, 0.29) is 10.8 Å². The molecule has 0 aliphatic carbocycles. The number of rotatable bonds is 5. The van der Waals surface area contributed by atoms with Crippen LogP contribution in [-0.4, -0.2) is 59.9 Å². The van der Waals surface area contributed by atoms with Gasteiger partial charge in [-0.3, -0.25) is 9.89 Å². The Labute approximate surface area is 164 Å². The summed E-state index contributed by atoms with van der Waals surface area (Å²) in [6, 6.07) is 7.45. The molecule has 0 bridgehead atoms. The zero-order valence-electron chi connectivity index (χ0n) is 15.4. The molecule has 1 aromatic heterocycles. The van der Waals surface area contributed by atoms with E-state index in [0.29, 0.717) is 55.4 Å². The van der Waals surface area contributed by atoms with Gasteiger partial charge in [0.05, 0.1) is 11.4 Å². The largest absolute Gasteiger partial charge is 0.340 e. The zero-order valence-corrected chi connectivity index (χ0v) is 17.0. The molecule has 0 spiro atoms. The Bertz CT molecular complexity index is 897. The van der Waals surface area contributed by atoms with Gasteiger partial charge in [-0.1, -0.05) is 23.7 Å². The van der Waals surface area contributed by atoms with Crippen molar-refractivity contribution in [2.45, 2.75) is 31.6 Å². The standard InChI is InChI=1S/C18H23ClN4O3S/c1-13-18(14(2)21-20-13)27(25,26)23-11-9-22(10-12-23)17(24)8-5-15-3-6-16(19)7-4-15/h3-4,6-7H,5,8-12H2,1-2H3,(H,20,21). The number of aromatic nitrogens is 2. The molecular formula is C18H23ClN4O3S. The second-order valence-corrected chi connectivity index (χ2v) is 8.99. The maximum Gasteiger partial charge on any atom is 0.246 e. The van der Waals surface area contributed by atoms with E-state index in [2.05, 4.69) is 10.2 Å². The molecule has 1 saturated heterocycles. The van der Waals surface area contributed by atoms with E-state index in [9.17, 15) is 13.2 Å². The predicted octanol–water partition coefficient (Wildman–Crippen LogP) is 2.15. The lowest BCUT2D eigenvalue weighted by Crippen LogP contribution is -2.50. The van der Waals surface area contributed by atoms with Crippen molar-refractivity contribution in [2.75, 3.05) is 26.2 Å². The third-order valence-corrected chi connectivity index (χ3v) is 7.20. The number of hydrogen-bond donors (Lipinski definition) is 1. The maximum absolute atomic E-state index is 12.9. The number of benzene rings is 1. The highest BCUT2D eigenvalue weighted by molar-refractivity contribution is 7.89. The molecule has 3 rings (SSSR count). The van der Waals surface area contributed by atoms with E-state index in [0.717, 1.165) is 5.56 Å². The monoisotopic (exact) mass is 410 g/mol. The summed E-state index contributed by atoms with van der Waals surface area (Å²) >= 11 is 5.87. The van der Waals surface area contributed by atoms with Gasteiger partial charge in [-0.25, -0.2) is 8.42 Å². The molecule has 0 atom stereocenters.